The average Bonchev–Trinajstić information content (AvgIpc) is 3.45. The van der Waals surface area contributed by atoms with E-state index in [-0.39, 0.29) is 36.5 Å². The van der Waals surface area contributed by atoms with Crippen LogP contribution in [0.2, 0.25) is 0 Å². The summed E-state index contributed by atoms with van der Waals surface area (Å²) in [6, 6.07) is 4.60. The Morgan fingerprint density at radius 1 is 0.964 bits per heavy atom. The molecule has 4 aliphatic carbocycles. The van der Waals surface area contributed by atoms with Crippen LogP contribution in [0.4, 0.5) is 9.18 Å². The van der Waals surface area contributed by atoms with E-state index in [9.17, 15) is 29.1 Å². The lowest BCUT2D eigenvalue weighted by molar-refractivity contribution is -0.225. The molecule has 7 unspecified atom stereocenters. The van der Waals surface area contributed by atoms with Crippen LogP contribution in [0.5, 0.6) is 11.5 Å². The van der Waals surface area contributed by atoms with Crippen molar-refractivity contribution in [3.05, 3.63) is 53.6 Å². The summed E-state index contributed by atoms with van der Waals surface area (Å²) in [4.78, 5) is 65.3. The highest BCUT2D eigenvalue weighted by molar-refractivity contribution is 6.01. The number of ketones is 2. The second kappa shape index (κ2) is 17.9. The summed E-state index contributed by atoms with van der Waals surface area (Å²) in [5.74, 6) is -2.98. The number of Topliss-reactive ketones (excluding diaryl/α,β-unsaturated/α-hetero) is 1. The molecule has 0 bridgehead atoms. The molecule has 0 aromatic heterocycles. The molecule has 0 heterocycles. The zero-order chi connectivity index (χ0) is 40.7. The van der Waals surface area contributed by atoms with Crippen LogP contribution in [0.15, 0.2) is 48.1 Å². The zero-order valence-corrected chi connectivity index (χ0v) is 33.4. The molecule has 3 fully saturated rings. The maximum Gasteiger partial charge on any atom is 0.514 e. The number of carbonyl (C=O) groups is 5. The molecule has 12 heteroatoms. The van der Waals surface area contributed by atoms with Gasteiger partial charge in [0.1, 0.15) is 0 Å². The number of halogens is 1. The van der Waals surface area contributed by atoms with E-state index in [1.165, 1.54) is 37.5 Å². The number of unbranched alkanes of at least 4 members (excludes halogenated alkanes) is 5. The van der Waals surface area contributed by atoms with Crippen LogP contribution in [0.25, 0.3) is 6.08 Å². The van der Waals surface area contributed by atoms with Gasteiger partial charge in [0.15, 0.2) is 35.2 Å². The first kappa shape index (κ1) is 42.8. The second-order valence-electron chi connectivity index (χ2n) is 16.1. The molecular formula is C44H57FO11. The highest BCUT2D eigenvalue weighted by Crippen LogP contribution is 2.70. The van der Waals surface area contributed by atoms with Gasteiger partial charge in [-0.1, -0.05) is 70.6 Å². The van der Waals surface area contributed by atoms with Crippen LogP contribution in [0.1, 0.15) is 117 Å². The molecule has 5 rings (SSSR count). The molecule has 4 aliphatic rings. The summed E-state index contributed by atoms with van der Waals surface area (Å²) in [7, 11) is 1.38. The van der Waals surface area contributed by atoms with Gasteiger partial charge in [0.25, 0.3) is 0 Å². The van der Waals surface area contributed by atoms with Crippen molar-refractivity contribution in [1.29, 1.82) is 0 Å². The van der Waals surface area contributed by atoms with E-state index < -0.39 is 70.5 Å². The molecular weight excluding hydrogens is 723 g/mol. The minimum atomic E-state index is -2.13. The first-order chi connectivity index (χ1) is 26.7. The van der Waals surface area contributed by atoms with Crippen LogP contribution < -0.4 is 9.47 Å². The molecule has 306 valence electrons. The SMILES string of the molecule is CCCCCCC(=O)OC1(C(=O)COC(=O)Oc2ccc(C=CC(=O)OCCCCC)cc2OC)CCC2C3CCC4=CC(=O)C=CC4(C)C3(F)C(O)CC21C. The number of hydrogen-bond donors (Lipinski definition) is 1. The Morgan fingerprint density at radius 3 is 2.45 bits per heavy atom. The van der Waals surface area contributed by atoms with Gasteiger partial charge in [-0.2, -0.15) is 0 Å². The minimum absolute atomic E-state index is 0.00211. The average molecular weight is 781 g/mol. The second-order valence-corrected chi connectivity index (χ2v) is 16.1. The lowest BCUT2D eigenvalue weighted by Crippen LogP contribution is -2.69. The van der Waals surface area contributed by atoms with Gasteiger partial charge >= 0.3 is 18.1 Å². The molecule has 0 amide bonds. The highest BCUT2D eigenvalue weighted by atomic mass is 19.1. The number of ether oxygens (including phenoxy) is 5. The molecule has 0 spiro atoms. The maximum absolute atomic E-state index is 17.7. The van der Waals surface area contributed by atoms with E-state index in [0.29, 0.717) is 43.4 Å². The number of alkyl halides is 1. The van der Waals surface area contributed by atoms with Gasteiger partial charge in [0.2, 0.25) is 5.78 Å². The Morgan fingerprint density at radius 2 is 1.71 bits per heavy atom. The molecule has 7 atom stereocenters. The van der Waals surface area contributed by atoms with Crippen molar-refractivity contribution >= 4 is 35.7 Å². The number of esters is 2. The van der Waals surface area contributed by atoms with Crippen molar-refractivity contribution < 1.29 is 57.2 Å². The number of rotatable bonds is 17. The Hall–Kier alpha value is -4.32. The summed E-state index contributed by atoms with van der Waals surface area (Å²) in [5.41, 5.74) is -5.15. The first-order valence-electron chi connectivity index (χ1n) is 20.1. The molecule has 1 aromatic carbocycles. The maximum atomic E-state index is 17.7. The molecule has 0 saturated heterocycles. The third-order valence-corrected chi connectivity index (χ3v) is 12.8. The van der Waals surface area contributed by atoms with Crippen molar-refractivity contribution in [1.82, 2.24) is 0 Å². The third-order valence-electron chi connectivity index (χ3n) is 12.8. The van der Waals surface area contributed by atoms with Crippen LogP contribution in [0.3, 0.4) is 0 Å². The van der Waals surface area contributed by atoms with E-state index in [1.807, 2.05) is 0 Å². The van der Waals surface area contributed by atoms with E-state index in [1.54, 1.807) is 32.1 Å². The monoisotopic (exact) mass is 780 g/mol. The third kappa shape index (κ3) is 8.22. The predicted octanol–water partition coefficient (Wildman–Crippen LogP) is 8.15. The number of methoxy groups -OCH3 is 1. The number of benzene rings is 1. The van der Waals surface area contributed by atoms with Gasteiger partial charge in [-0.25, -0.2) is 14.0 Å². The van der Waals surface area contributed by atoms with E-state index in [4.69, 9.17) is 23.7 Å². The Kier molecular flexibility index (Phi) is 13.7. The van der Waals surface area contributed by atoms with E-state index >= 15 is 4.39 Å². The largest absolute Gasteiger partial charge is 0.514 e. The summed E-state index contributed by atoms with van der Waals surface area (Å²) in [5, 5.41) is 11.8. The fourth-order valence-corrected chi connectivity index (χ4v) is 9.79. The van der Waals surface area contributed by atoms with Crippen LogP contribution in [-0.4, -0.2) is 72.5 Å². The van der Waals surface area contributed by atoms with E-state index in [0.717, 1.165) is 38.5 Å². The van der Waals surface area contributed by atoms with Gasteiger partial charge in [0.05, 0.1) is 19.8 Å². The molecule has 56 heavy (non-hydrogen) atoms. The zero-order valence-electron chi connectivity index (χ0n) is 33.4. The standard InChI is InChI=1S/C44H57FO11/c1-6-8-10-11-13-39(50)56-43(23-21-32-33-17-16-30-26-31(46)20-22-41(30,3)44(33,45)36(47)27-42(32,43)4)37(48)28-54-40(51)55-34-18-14-29(25-35(34)52-5)15-19-38(49)53-24-12-9-7-2/h14-15,18-20,22,25-26,32-33,36,47H,6-13,16-17,21,23-24,27-28H2,1-5H3. The van der Waals surface area contributed by atoms with Crippen molar-refractivity contribution in [2.45, 2.75) is 129 Å². The molecule has 11 nitrogen and oxygen atoms in total. The summed E-state index contributed by atoms with van der Waals surface area (Å²) < 4.78 is 45.3. The fraction of sp³-hybridized carbons (Fsp3) is 0.614. The van der Waals surface area contributed by atoms with Gasteiger partial charge in [-0.05, 0) is 93.7 Å². The molecule has 3 saturated carbocycles. The number of allylic oxidation sites excluding steroid dienone is 4. The molecule has 0 radical (unpaired) electrons. The topological polar surface area (TPSA) is 152 Å². The Bertz CT molecular complexity index is 1750. The quantitative estimate of drug-likeness (QED) is 0.0536. The summed E-state index contributed by atoms with van der Waals surface area (Å²) >= 11 is 0. The first-order valence-corrected chi connectivity index (χ1v) is 20.1. The lowest BCUT2D eigenvalue weighted by atomic mass is 9.44. The van der Waals surface area contributed by atoms with Crippen molar-refractivity contribution in [3.63, 3.8) is 0 Å². The Labute approximate surface area is 329 Å². The molecule has 1 aromatic rings. The van der Waals surface area contributed by atoms with Crippen molar-refractivity contribution in [2.75, 3.05) is 20.3 Å². The molecule has 0 aliphatic heterocycles. The number of fused-ring (bicyclic) bond motifs is 5. The number of aliphatic hydroxyl groups excluding tert-OH is 1. The van der Waals surface area contributed by atoms with Gasteiger partial charge < -0.3 is 28.8 Å². The predicted molar refractivity (Wildman–Crippen MR) is 205 cm³/mol. The summed E-state index contributed by atoms with van der Waals surface area (Å²) in [6.45, 7) is 7.14. The normalized spacial score (nSPS) is 30.4. The van der Waals surface area contributed by atoms with Crippen molar-refractivity contribution in [3.8, 4) is 11.5 Å². The number of aliphatic hydroxyl groups is 1. The van der Waals surface area contributed by atoms with E-state index in [2.05, 4.69) is 13.8 Å². The Balaban J connectivity index is 1.33. The van der Waals surface area contributed by atoms with Gasteiger partial charge in [0, 0.05) is 29.2 Å². The fourth-order valence-electron chi connectivity index (χ4n) is 9.79. The van der Waals surface area contributed by atoms with Crippen molar-refractivity contribution in [2.24, 2.45) is 22.7 Å². The number of hydrogen-bond acceptors (Lipinski definition) is 11. The van der Waals surface area contributed by atoms with Crippen LogP contribution in [-0.2, 0) is 33.4 Å². The van der Waals surface area contributed by atoms with Gasteiger partial charge in [-0.3, -0.25) is 14.4 Å². The van der Waals surface area contributed by atoms with Gasteiger partial charge in [-0.15, -0.1) is 0 Å². The van der Waals surface area contributed by atoms with Crippen LogP contribution >= 0.6 is 0 Å². The highest BCUT2D eigenvalue weighted by Gasteiger charge is 2.75. The van der Waals surface area contributed by atoms with Crippen LogP contribution in [0, 0.1) is 22.7 Å². The smallest absolute Gasteiger partial charge is 0.493 e. The lowest BCUT2D eigenvalue weighted by Gasteiger charge is -2.62. The minimum Gasteiger partial charge on any atom is -0.493 e. The molecule has 1 N–H and O–H groups in total. The summed E-state index contributed by atoms with van der Waals surface area (Å²) in [6.07, 6.45) is 11.6. The number of carbonyl (C=O) groups excluding carboxylic acids is 5.